The fourth-order valence-electron chi connectivity index (χ4n) is 2.54. The maximum Gasteiger partial charge on any atom is 0.253 e. The molecule has 1 heterocycles. The molecule has 2 atom stereocenters. The van der Waals surface area contributed by atoms with Crippen LogP contribution in [0.5, 0.6) is 0 Å². The molecule has 0 bridgehead atoms. The van der Waals surface area contributed by atoms with Gasteiger partial charge in [-0.05, 0) is 18.9 Å². The Balaban J connectivity index is 2.17. The van der Waals surface area contributed by atoms with E-state index in [-0.39, 0.29) is 18.4 Å². The zero-order valence-corrected chi connectivity index (χ0v) is 13.1. The van der Waals surface area contributed by atoms with E-state index < -0.39 is 16.3 Å². The predicted molar refractivity (Wildman–Crippen MR) is 82.1 cm³/mol. The number of carbonyl (C=O) groups is 2. The Morgan fingerprint density at radius 2 is 1.95 bits per heavy atom. The molecule has 1 aromatic rings. The average molecular weight is 308 g/mol. The highest BCUT2D eigenvalue weighted by atomic mass is 32.2. The van der Waals surface area contributed by atoms with Crippen molar-refractivity contribution in [3.05, 3.63) is 35.9 Å². The molecule has 1 N–H and O–H groups in total. The summed E-state index contributed by atoms with van der Waals surface area (Å²) in [6, 6.07) is 9.24. The molecule has 1 aromatic carbocycles. The van der Waals surface area contributed by atoms with Gasteiger partial charge in [-0.1, -0.05) is 30.3 Å². The Morgan fingerprint density at radius 1 is 1.29 bits per heavy atom. The lowest BCUT2D eigenvalue weighted by Crippen LogP contribution is -2.63. The second kappa shape index (κ2) is 6.39. The van der Waals surface area contributed by atoms with Crippen LogP contribution in [-0.2, 0) is 25.9 Å². The predicted octanol–water partition coefficient (Wildman–Crippen LogP) is 0.629. The van der Waals surface area contributed by atoms with Crippen LogP contribution in [0.3, 0.4) is 0 Å². The monoisotopic (exact) mass is 308 g/mol. The summed E-state index contributed by atoms with van der Waals surface area (Å²) < 4.78 is 11.1. The van der Waals surface area contributed by atoms with Gasteiger partial charge in [-0.2, -0.15) is 0 Å². The van der Waals surface area contributed by atoms with E-state index in [1.165, 1.54) is 0 Å². The maximum absolute atomic E-state index is 12.7. The van der Waals surface area contributed by atoms with Crippen molar-refractivity contribution in [2.24, 2.45) is 0 Å². The largest absolute Gasteiger partial charge is 0.337 e. The second-order valence-corrected chi connectivity index (χ2v) is 6.95. The van der Waals surface area contributed by atoms with E-state index >= 15 is 0 Å². The minimum atomic E-state index is -1.03. The van der Waals surface area contributed by atoms with E-state index in [9.17, 15) is 13.8 Å². The van der Waals surface area contributed by atoms with E-state index in [0.717, 1.165) is 5.56 Å². The molecular weight excluding hydrogens is 288 g/mol. The summed E-state index contributed by atoms with van der Waals surface area (Å²) in [7, 11) is -0.884. The third-order valence-electron chi connectivity index (χ3n) is 3.65. The van der Waals surface area contributed by atoms with Gasteiger partial charge >= 0.3 is 0 Å². The second-order valence-electron chi connectivity index (χ2n) is 5.40. The van der Waals surface area contributed by atoms with Crippen LogP contribution in [0.4, 0.5) is 0 Å². The molecule has 1 aliphatic rings. The Morgan fingerprint density at radius 3 is 2.57 bits per heavy atom. The molecule has 0 radical (unpaired) electrons. The zero-order chi connectivity index (χ0) is 15.5. The molecule has 2 unspecified atom stereocenters. The van der Waals surface area contributed by atoms with Crippen LogP contribution in [0.15, 0.2) is 30.3 Å². The molecular formula is C15H20N2O3S. The highest BCUT2D eigenvalue weighted by molar-refractivity contribution is 7.84. The number of carbonyl (C=O) groups excluding carboxylic acids is 2. The van der Waals surface area contributed by atoms with E-state index in [1.54, 1.807) is 18.1 Å². The van der Waals surface area contributed by atoms with Crippen LogP contribution in [0.1, 0.15) is 18.9 Å². The van der Waals surface area contributed by atoms with Crippen LogP contribution in [0.2, 0.25) is 0 Å². The van der Waals surface area contributed by atoms with Crippen LogP contribution >= 0.6 is 0 Å². The molecule has 2 rings (SSSR count). The highest BCUT2D eigenvalue weighted by Crippen LogP contribution is 2.26. The topological polar surface area (TPSA) is 66.5 Å². The molecule has 2 amide bonds. The lowest BCUT2D eigenvalue weighted by atomic mass is 9.88. The fourth-order valence-corrected chi connectivity index (χ4v) is 3.08. The molecule has 0 saturated carbocycles. The van der Waals surface area contributed by atoms with Gasteiger partial charge in [0.15, 0.2) is 0 Å². The van der Waals surface area contributed by atoms with Gasteiger partial charge < -0.3 is 10.2 Å². The first-order chi connectivity index (χ1) is 9.93. The van der Waals surface area contributed by atoms with Gasteiger partial charge in [0.05, 0.1) is 6.54 Å². The molecule has 0 aromatic heterocycles. The highest BCUT2D eigenvalue weighted by Gasteiger charge is 2.43. The molecule has 21 heavy (non-hydrogen) atoms. The molecule has 0 spiro atoms. The smallest absolute Gasteiger partial charge is 0.253 e. The van der Waals surface area contributed by atoms with Gasteiger partial charge in [-0.3, -0.25) is 13.8 Å². The van der Waals surface area contributed by atoms with E-state index in [2.05, 4.69) is 5.32 Å². The van der Waals surface area contributed by atoms with Crippen LogP contribution in [0, 0.1) is 0 Å². The first-order valence-electron chi connectivity index (χ1n) is 6.89. The van der Waals surface area contributed by atoms with Gasteiger partial charge in [-0.15, -0.1) is 0 Å². The van der Waals surface area contributed by atoms with Crippen molar-refractivity contribution in [3.8, 4) is 0 Å². The van der Waals surface area contributed by atoms with Gasteiger partial charge in [0.1, 0.15) is 5.54 Å². The summed E-state index contributed by atoms with van der Waals surface area (Å²) >= 11 is 0. The van der Waals surface area contributed by atoms with Crippen molar-refractivity contribution in [1.29, 1.82) is 0 Å². The Kier molecular flexibility index (Phi) is 4.77. The van der Waals surface area contributed by atoms with E-state index in [0.29, 0.717) is 18.7 Å². The van der Waals surface area contributed by atoms with Crippen LogP contribution in [0.25, 0.3) is 0 Å². The Bertz CT molecular complexity index is 561. The number of hydrogen-bond acceptors (Lipinski definition) is 3. The van der Waals surface area contributed by atoms with Gasteiger partial charge in [0.25, 0.3) is 5.91 Å². The van der Waals surface area contributed by atoms with Crippen LogP contribution < -0.4 is 5.32 Å². The normalized spacial score (nSPS) is 23.8. The van der Waals surface area contributed by atoms with Crippen molar-refractivity contribution in [3.63, 3.8) is 0 Å². The summed E-state index contributed by atoms with van der Waals surface area (Å²) in [5, 5.41) is 2.80. The number of rotatable bonds is 5. The van der Waals surface area contributed by atoms with Crippen molar-refractivity contribution in [1.82, 2.24) is 10.2 Å². The van der Waals surface area contributed by atoms with Crippen molar-refractivity contribution < 1.29 is 13.8 Å². The van der Waals surface area contributed by atoms with Crippen LogP contribution in [-0.4, -0.2) is 46.0 Å². The van der Waals surface area contributed by atoms with E-state index in [4.69, 9.17) is 0 Å². The SMILES string of the molecule is CS(=O)CCCN1CC(=O)NC(C)(c2ccccc2)C1=O. The summed E-state index contributed by atoms with van der Waals surface area (Å²) in [6.07, 6.45) is 2.27. The zero-order valence-electron chi connectivity index (χ0n) is 12.3. The number of nitrogens with zero attached hydrogens (tertiary/aromatic N) is 1. The summed E-state index contributed by atoms with van der Waals surface area (Å²) in [4.78, 5) is 26.2. The quantitative estimate of drug-likeness (QED) is 0.867. The first-order valence-corrected chi connectivity index (χ1v) is 8.62. The standard InChI is InChI=1S/C15H20N2O3S/c1-15(12-7-4-3-5-8-12)14(19)17(11-13(18)16-15)9-6-10-21(2)20/h3-5,7-8H,6,9-11H2,1-2H3,(H,16,18). The van der Waals surface area contributed by atoms with Crippen molar-refractivity contribution in [2.75, 3.05) is 25.1 Å². The molecule has 1 fully saturated rings. The summed E-state index contributed by atoms with van der Waals surface area (Å²) in [6.45, 7) is 2.25. The van der Waals surface area contributed by atoms with Gasteiger partial charge in [0.2, 0.25) is 5.91 Å². The molecule has 114 valence electrons. The Labute approximate surface area is 127 Å². The number of amides is 2. The molecule has 6 heteroatoms. The number of benzene rings is 1. The minimum absolute atomic E-state index is 0.0671. The van der Waals surface area contributed by atoms with Crippen molar-refractivity contribution in [2.45, 2.75) is 18.9 Å². The average Bonchev–Trinajstić information content (AvgIpc) is 2.44. The molecule has 1 aliphatic heterocycles. The third kappa shape index (κ3) is 3.50. The summed E-state index contributed by atoms with van der Waals surface area (Å²) in [5.41, 5.74) is -0.255. The molecule has 1 saturated heterocycles. The molecule has 5 nitrogen and oxygen atoms in total. The maximum atomic E-state index is 12.7. The van der Waals surface area contributed by atoms with Crippen molar-refractivity contribution >= 4 is 22.6 Å². The van der Waals surface area contributed by atoms with Gasteiger partial charge in [0, 0.05) is 29.4 Å². The number of piperazine rings is 1. The number of hydrogen-bond donors (Lipinski definition) is 1. The molecule has 0 aliphatic carbocycles. The Hall–Kier alpha value is -1.69. The fraction of sp³-hybridized carbons (Fsp3) is 0.467. The third-order valence-corrected chi connectivity index (χ3v) is 4.51. The van der Waals surface area contributed by atoms with Gasteiger partial charge in [-0.25, -0.2) is 0 Å². The first kappa shape index (κ1) is 15.7. The minimum Gasteiger partial charge on any atom is -0.337 e. The summed E-state index contributed by atoms with van der Waals surface area (Å²) in [5.74, 6) is 0.252. The number of nitrogens with one attached hydrogen (secondary N) is 1. The van der Waals surface area contributed by atoms with E-state index in [1.807, 2.05) is 30.3 Å². The lowest BCUT2D eigenvalue weighted by molar-refractivity contribution is -0.149. The lowest BCUT2D eigenvalue weighted by Gasteiger charge is -2.40.